The molecule has 0 spiro atoms. The zero-order valence-corrected chi connectivity index (χ0v) is 9.89. The molecule has 0 rings (SSSR count). The first-order valence-corrected chi connectivity index (χ1v) is 4.89. The van der Waals surface area contributed by atoms with Crippen LogP contribution in [0.5, 0.6) is 0 Å². The van der Waals surface area contributed by atoms with Gasteiger partial charge in [0.15, 0.2) is 0 Å². The van der Waals surface area contributed by atoms with Gasteiger partial charge in [0.1, 0.15) is 0 Å². The fraction of sp³-hybridized carbons (Fsp3) is 0.900. The minimum atomic E-state index is -0.174. The van der Waals surface area contributed by atoms with Crippen LogP contribution in [0.1, 0.15) is 27.2 Å². The lowest BCUT2D eigenvalue weighted by molar-refractivity contribution is 0.172. The summed E-state index contributed by atoms with van der Waals surface area (Å²) in [6, 6.07) is -0.0337. The average Bonchev–Trinajstić information content (AvgIpc) is 2.01. The molecule has 0 aliphatic carbocycles. The molecule has 0 aromatic heterocycles. The quantitative estimate of drug-likeness (QED) is 0.701. The summed E-state index contributed by atoms with van der Waals surface area (Å²) in [6.45, 7) is 7.30. The van der Waals surface area contributed by atoms with Crippen molar-refractivity contribution in [2.24, 2.45) is 0 Å². The summed E-state index contributed by atoms with van der Waals surface area (Å²) in [5.41, 5.74) is -0.174. The lowest BCUT2D eigenvalue weighted by Crippen LogP contribution is -2.47. The Hall–Kier alpha value is -0.770. The fourth-order valence-corrected chi connectivity index (χ4v) is 0.964. The number of hydrogen-bond acceptors (Lipinski definition) is 2. The number of hydrogen-bond donors (Lipinski definition) is 1. The zero-order chi connectivity index (χ0) is 11.2. The highest BCUT2D eigenvalue weighted by Crippen LogP contribution is 2.00. The molecule has 0 heterocycles. The van der Waals surface area contributed by atoms with Gasteiger partial charge in [-0.1, -0.05) is 0 Å². The van der Waals surface area contributed by atoms with Crippen molar-refractivity contribution < 1.29 is 9.53 Å². The molecule has 0 radical (unpaired) electrons. The van der Waals surface area contributed by atoms with E-state index < -0.39 is 0 Å². The third-order valence-electron chi connectivity index (χ3n) is 1.67. The monoisotopic (exact) mass is 202 g/mol. The molecule has 4 nitrogen and oxygen atoms in total. The van der Waals surface area contributed by atoms with E-state index in [4.69, 9.17) is 4.74 Å². The van der Waals surface area contributed by atoms with Crippen LogP contribution >= 0.6 is 0 Å². The lowest BCUT2D eigenvalue weighted by atomic mass is 10.1. The van der Waals surface area contributed by atoms with E-state index in [1.54, 1.807) is 19.1 Å². The Bertz CT molecular complexity index is 175. The van der Waals surface area contributed by atoms with Crippen LogP contribution in [-0.2, 0) is 4.74 Å². The molecule has 0 aromatic rings. The topological polar surface area (TPSA) is 41.6 Å². The van der Waals surface area contributed by atoms with E-state index in [0.717, 1.165) is 13.0 Å². The van der Waals surface area contributed by atoms with Crippen molar-refractivity contribution >= 4 is 6.03 Å². The maximum Gasteiger partial charge on any atom is 0.317 e. The van der Waals surface area contributed by atoms with Gasteiger partial charge in [-0.25, -0.2) is 4.79 Å². The number of carbonyl (C=O) groups is 1. The molecule has 84 valence electrons. The number of nitrogens with zero attached hydrogens (tertiary/aromatic N) is 1. The summed E-state index contributed by atoms with van der Waals surface area (Å²) in [6.07, 6.45) is 0.866. The molecule has 0 aliphatic heterocycles. The van der Waals surface area contributed by atoms with Crippen LogP contribution in [-0.4, -0.2) is 43.8 Å². The lowest BCUT2D eigenvalue weighted by Gasteiger charge is -2.25. The molecule has 0 aliphatic rings. The molecule has 0 bridgehead atoms. The van der Waals surface area contributed by atoms with Crippen molar-refractivity contribution in [1.82, 2.24) is 10.2 Å². The normalized spacial score (nSPS) is 11.2. The van der Waals surface area contributed by atoms with Crippen LogP contribution in [0.25, 0.3) is 0 Å². The second kappa shape index (κ2) is 5.86. The van der Waals surface area contributed by atoms with Crippen molar-refractivity contribution in [3.05, 3.63) is 0 Å². The predicted molar refractivity (Wildman–Crippen MR) is 57.4 cm³/mol. The van der Waals surface area contributed by atoms with Gasteiger partial charge >= 0.3 is 6.03 Å². The standard InChI is InChI=1S/C10H22N2O2/c1-10(2,3)11-9(13)12(4)7-6-8-14-5/h6-8H2,1-5H3,(H,11,13). The Kier molecular flexibility index (Phi) is 5.53. The molecular weight excluding hydrogens is 180 g/mol. The van der Waals surface area contributed by atoms with Crippen LogP contribution in [0.15, 0.2) is 0 Å². The Morgan fingerprint density at radius 1 is 1.43 bits per heavy atom. The van der Waals surface area contributed by atoms with E-state index >= 15 is 0 Å². The van der Waals surface area contributed by atoms with E-state index in [2.05, 4.69) is 5.32 Å². The van der Waals surface area contributed by atoms with Crippen LogP contribution in [0.2, 0.25) is 0 Å². The highest BCUT2D eigenvalue weighted by atomic mass is 16.5. The van der Waals surface area contributed by atoms with Gasteiger partial charge in [-0.15, -0.1) is 0 Å². The third-order valence-corrected chi connectivity index (χ3v) is 1.67. The van der Waals surface area contributed by atoms with Gasteiger partial charge in [0.25, 0.3) is 0 Å². The van der Waals surface area contributed by atoms with E-state index in [9.17, 15) is 4.79 Å². The van der Waals surface area contributed by atoms with Gasteiger partial charge in [-0.05, 0) is 27.2 Å². The van der Waals surface area contributed by atoms with Crippen molar-refractivity contribution in [3.63, 3.8) is 0 Å². The molecule has 0 atom stereocenters. The van der Waals surface area contributed by atoms with Crippen LogP contribution in [0.4, 0.5) is 4.79 Å². The number of ether oxygens (including phenoxy) is 1. The Labute approximate surface area is 86.6 Å². The van der Waals surface area contributed by atoms with Crippen LogP contribution in [0.3, 0.4) is 0 Å². The number of amides is 2. The largest absolute Gasteiger partial charge is 0.385 e. The second-order valence-electron chi connectivity index (χ2n) is 4.45. The molecule has 0 unspecified atom stereocenters. The SMILES string of the molecule is COCCCN(C)C(=O)NC(C)(C)C. The predicted octanol–water partition coefficient (Wildman–Crippen LogP) is 1.46. The summed E-state index contributed by atoms with van der Waals surface area (Å²) in [5.74, 6) is 0. The maximum absolute atomic E-state index is 11.5. The average molecular weight is 202 g/mol. The van der Waals surface area contributed by atoms with E-state index in [0.29, 0.717) is 6.61 Å². The zero-order valence-electron chi connectivity index (χ0n) is 9.89. The number of carbonyl (C=O) groups excluding carboxylic acids is 1. The molecule has 0 fully saturated rings. The summed E-state index contributed by atoms with van der Waals surface area (Å²) in [7, 11) is 3.45. The summed E-state index contributed by atoms with van der Waals surface area (Å²) in [5, 5.41) is 2.89. The summed E-state index contributed by atoms with van der Waals surface area (Å²) < 4.78 is 4.91. The number of methoxy groups -OCH3 is 1. The molecule has 14 heavy (non-hydrogen) atoms. The fourth-order valence-electron chi connectivity index (χ4n) is 0.964. The molecule has 2 amide bonds. The van der Waals surface area contributed by atoms with Crippen LogP contribution in [0, 0.1) is 0 Å². The van der Waals surface area contributed by atoms with E-state index in [1.165, 1.54) is 0 Å². The van der Waals surface area contributed by atoms with Gasteiger partial charge in [0, 0.05) is 32.8 Å². The Morgan fingerprint density at radius 2 is 2.00 bits per heavy atom. The molecule has 4 heteroatoms. The number of urea groups is 1. The minimum Gasteiger partial charge on any atom is -0.385 e. The van der Waals surface area contributed by atoms with Crippen molar-refractivity contribution in [2.45, 2.75) is 32.7 Å². The van der Waals surface area contributed by atoms with Crippen molar-refractivity contribution in [1.29, 1.82) is 0 Å². The van der Waals surface area contributed by atoms with Gasteiger partial charge in [-0.2, -0.15) is 0 Å². The third kappa shape index (κ3) is 6.71. The Balaban J connectivity index is 3.77. The van der Waals surface area contributed by atoms with Gasteiger partial charge < -0.3 is 15.0 Å². The van der Waals surface area contributed by atoms with Crippen LogP contribution < -0.4 is 5.32 Å². The highest BCUT2D eigenvalue weighted by Gasteiger charge is 2.16. The van der Waals surface area contributed by atoms with Gasteiger partial charge in [-0.3, -0.25) is 0 Å². The first-order chi connectivity index (χ1) is 6.37. The van der Waals surface area contributed by atoms with E-state index in [1.807, 2.05) is 20.8 Å². The van der Waals surface area contributed by atoms with E-state index in [-0.39, 0.29) is 11.6 Å². The maximum atomic E-state index is 11.5. The number of rotatable bonds is 4. The molecule has 1 N–H and O–H groups in total. The molecular formula is C10H22N2O2. The first kappa shape index (κ1) is 13.2. The van der Waals surface area contributed by atoms with Gasteiger partial charge in [0.2, 0.25) is 0 Å². The minimum absolute atomic E-state index is 0.0337. The summed E-state index contributed by atoms with van der Waals surface area (Å²) in [4.78, 5) is 13.2. The highest BCUT2D eigenvalue weighted by molar-refractivity contribution is 5.74. The summed E-state index contributed by atoms with van der Waals surface area (Å²) >= 11 is 0. The second-order valence-corrected chi connectivity index (χ2v) is 4.45. The number of nitrogens with one attached hydrogen (secondary N) is 1. The first-order valence-electron chi connectivity index (χ1n) is 4.89. The Morgan fingerprint density at radius 3 is 2.43 bits per heavy atom. The molecule has 0 saturated carbocycles. The molecule has 0 aromatic carbocycles. The smallest absolute Gasteiger partial charge is 0.317 e. The molecule has 0 saturated heterocycles. The van der Waals surface area contributed by atoms with Crippen molar-refractivity contribution in [3.8, 4) is 0 Å². The van der Waals surface area contributed by atoms with Gasteiger partial charge in [0.05, 0.1) is 0 Å². The van der Waals surface area contributed by atoms with Crippen molar-refractivity contribution in [2.75, 3.05) is 27.3 Å².